The van der Waals surface area contributed by atoms with Crippen LogP contribution in [-0.2, 0) is 16.9 Å². The Morgan fingerprint density at radius 1 is 1.08 bits per heavy atom. The van der Waals surface area contributed by atoms with Crippen LogP contribution in [0.1, 0.15) is 58.8 Å². The molecule has 0 radical (unpaired) electrons. The molecule has 4 aromatic rings. The molecule has 0 bridgehead atoms. The Bertz CT molecular complexity index is 1460. The molecule has 37 heavy (non-hydrogen) atoms. The highest BCUT2D eigenvalue weighted by Crippen LogP contribution is 2.49. The molecule has 1 N–H and O–H groups in total. The van der Waals surface area contributed by atoms with Gasteiger partial charge in [-0.15, -0.1) is 0 Å². The Labute approximate surface area is 217 Å². The van der Waals surface area contributed by atoms with Crippen molar-refractivity contribution in [3.8, 4) is 22.6 Å². The molecule has 9 nitrogen and oxygen atoms in total. The van der Waals surface area contributed by atoms with Crippen molar-refractivity contribution < 1.29 is 4.79 Å². The number of fused-ring (bicyclic) bond motifs is 3. The normalized spacial score (nSPS) is 18.8. The van der Waals surface area contributed by atoms with Gasteiger partial charge in [0.1, 0.15) is 34.7 Å². The number of nitrogens with one attached hydrogen (secondary N) is 1. The molecule has 9 heteroatoms. The predicted octanol–water partition coefficient (Wildman–Crippen LogP) is 4.96. The average molecular weight is 499 g/mol. The number of hydrogen-bond acceptors (Lipinski definition) is 7. The lowest BCUT2D eigenvalue weighted by Gasteiger charge is -2.36. The van der Waals surface area contributed by atoms with E-state index < -0.39 is 5.54 Å². The van der Waals surface area contributed by atoms with Gasteiger partial charge in [-0.3, -0.25) is 9.69 Å². The summed E-state index contributed by atoms with van der Waals surface area (Å²) in [6, 6.07) is 6.39. The number of rotatable bonds is 4. The second kappa shape index (κ2) is 9.63. The number of hydrogen-bond donors (Lipinski definition) is 1. The van der Waals surface area contributed by atoms with Crippen LogP contribution in [-0.4, -0.2) is 52.9 Å². The van der Waals surface area contributed by atoms with Crippen LogP contribution in [0, 0.1) is 6.92 Å². The van der Waals surface area contributed by atoms with E-state index in [-0.39, 0.29) is 11.9 Å². The van der Waals surface area contributed by atoms with Crippen LogP contribution in [0.4, 0.5) is 5.69 Å². The van der Waals surface area contributed by atoms with Crippen LogP contribution in [0.2, 0.25) is 0 Å². The minimum absolute atomic E-state index is 0.0700. The summed E-state index contributed by atoms with van der Waals surface area (Å²) in [5.41, 5.74) is 5.29. The highest BCUT2D eigenvalue weighted by Gasteiger charge is 2.54. The molecule has 0 saturated carbocycles. The summed E-state index contributed by atoms with van der Waals surface area (Å²) in [6.07, 6.45) is 6.98. The lowest BCUT2D eigenvalue weighted by atomic mass is 9.86. The number of amides is 1. The predicted molar refractivity (Wildman–Crippen MR) is 145 cm³/mol. The Hall–Kier alpha value is -3.72. The number of likely N-dealkylation sites (tertiary alicyclic amines) is 1. The van der Waals surface area contributed by atoms with E-state index in [0.29, 0.717) is 12.4 Å². The smallest absolute Gasteiger partial charge is 0.249 e. The number of carbonyl (C=O) groups excluding carboxylic acids is 1. The zero-order chi connectivity index (χ0) is 26.3. The molecule has 192 valence electrons. The summed E-state index contributed by atoms with van der Waals surface area (Å²) in [6.45, 7) is 13.9. The van der Waals surface area contributed by atoms with Gasteiger partial charge in [0.25, 0.3) is 0 Å². The number of aryl methyl sites for hydroxylation is 2. The monoisotopic (exact) mass is 498 g/mol. The van der Waals surface area contributed by atoms with Gasteiger partial charge in [-0.25, -0.2) is 24.9 Å². The molecule has 2 aliphatic rings. The summed E-state index contributed by atoms with van der Waals surface area (Å²) < 4.78 is 2.06. The van der Waals surface area contributed by atoms with E-state index in [1.54, 1.807) is 18.7 Å². The number of aromatic nitrogens is 6. The molecular weight excluding hydrogens is 464 g/mol. The van der Waals surface area contributed by atoms with Crippen molar-refractivity contribution >= 4 is 22.8 Å². The van der Waals surface area contributed by atoms with Gasteiger partial charge < -0.3 is 9.88 Å². The minimum atomic E-state index is -0.626. The molecule has 6 rings (SSSR count). The maximum Gasteiger partial charge on any atom is 0.249 e. The van der Waals surface area contributed by atoms with Gasteiger partial charge in [0.2, 0.25) is 5.91 Å². The molecule has 1 amide bonds. The molecular formula is C28H34N8O. The van der Waals surface area contributed by atoms with Gasteiger partial charge in [0.05, 0.1) is 5.56 Å². The van der Waals surface area contributed by atoms with Crippen LogP contribution >= 0.6 is 0 Å². The van der Waals surface area contributed by atoms with Gasteiger partial charge in [-0.2, -0.15) is 0 Å². The molecule has 0 aliphatic carbocycles. The quantitative estimate of drug-likeness (QED) is 0.424. The molecule has 2 aliphatic heterocycles. The van der Waals surface area contributed by atoms with Crippen LogP contribution in [0.25, 0.3) is 33.8 Å². The summed E-state index contributed by atoms with van der Waals surface area (Å²) in [7, 11) is 0. The fourth-order valence-corrected chi connectivity index (χ4v) is 5.74. The van der Waals surface area contributed by atoms with E-state index in [1.807, 2.05) is 32.9 Å². The highest BCUT2D eigenvalue weighted by molar-refractivity contribution is 6.07. The van der Waals surface area contributed by atoms with Gasteiger partial charge >= 0.3 is 0 Å². The third-order valence-corrected chi connectivity index (χ3v) is 7.30. The molecule has 1 atom stereocenters. The molecule has 5 heterocycles. The largest absolute Gasteiger partial charge is 0.324 e. The summed E-state index contributed by atoms with van der Waals surface area (Å²) >= 11 is 0. The van der Waals surface area contributed by atoms with Crippen LogP contribution in [0.5, 0.6) is 0 Å². The highest BCUT2D eigenvalue weighted by atomic mass is 16.2. The van der Waals surface area contributed by atoms with E-state index in [0.717, 1.165) is 64.4 Å². The third-order valence-electron chi connectivity index (χ3n) is 7.30. The van der Waals surface area contributed by atoms with E-state index in [1.165, 1.54) is 0 Å². The first-order valence-electron chi connectivity index (χ1n) is 13.2. The third kappa shape index (κ3) is 3.80. The number of nitrogens with zero attached hydrogens (tertiary/aromatic N) is 7. The van der Waals surface area contributed by atoms with Crippen molar-refractivity contribution in [2.24, 2.45) is 0 Å². The zero-order valence-electron chi connectivity index (χ0n) is 22.4. The van der Waals surface area contributed by atoms with Crippen LogP contribution in [0.3, 0.4) is 0 Å². The summed E-state index contributed by atoms with van der Waals surface area (Å²) in [4.78, 5) is 38.5. The second-order valence-electron chi connectivity index (χ2n) is 9.56. The van der Waals surface area contributed by atoms with Gasteiger partial charge in [-0.1, -0.05) is 19.9 Å². The zero-order valence-corrected chi connectivity index (χ0v) is 22.4. The SMILES string of the molecule is CC.CCn1c(-c2cnc(C)nc2)nc2c(-c3ccc4c(c3)C3(CCCN3C(C)C)C(=O)N4)ncnc21. The van der Waals surface area contributed by atoms with E-state index in [4.69, 9.17) is 4.98 Å². The maximum absolute atomic E-state index is 13.3. The fraction of sp³-hybridized carbons (Fsp3) is 0.429. The van der Waals surface area contributed by atoms with Crippen molar-refractivity contribution in [1.82, 2.24) is 34.4 Å². The Kier molecular flexibility index (Phi) is 6.49. The van der Waals surface area contributed by atoms with E-state index in [9.17, 15) is 4.79 Å². The standard InChI is InChI=1S/C26H28N8O.C2H6/c1-5-33-23(18-12-27-16(4)28-13-18)32-22-21(29-14-30-24(22)33)17-7-8-20-19(11-17)26(25(35)31-20)9-6-10-34(26)15(2)3;1-2/h7-8,11-15H,5-6,9-10H2,1-4H3,(H,31,35);1-2H3. The number of benzene rings is 1. The van der Waals surface area contributed by atoms with Crippen molar-refractivity contribution in [2.45, 2.75) is 72.5 Å². The Morgan fingerprint density at radius 2 is 1.84 bits per heavy atom. The van der Waals surface area contributed by atoms with E-state index >= 15 is 0 Å². The number of anilines is 1. The number of imidazole rings is 1. The molecule has 1 spiro atoms. The van der Waals surface area contributed by atoms with Gasteiger partial charge in [0.15, 0.2) is 5.65 Å². The summed E-state index contributed by atoms with van der Waals surface area (Å²) in [5.74, 6) is 1.55. The lowest BCUT2D eigenvalue weighted by molar-refractivity contribution is -0.127. The van der Waals surface area contributed by atoms with Crippen molar-refractivity contribution in [3.63, 3.8) is 0 Å². The molecule has 1 aromatic carbocycles. The first-order chi connectivity index (χ1) is 17.9. The maximum atomic E-state index is 13.3. The molecule has 1 unspecified atom stereocenters. The second-order valence-corrected chi connectivity index (χ2v) is 9.56. The average Bonchev–Trinajstić information content (AvgIpc) is 3.60. The molecule has 1 fully saturated rings. The Balaban J connectivity index is 0.00000137. The van der Waals surface area contributed by atoms with Crippen molar-refractivity contribution in [1.29, 1.82) is 0 Å². The van der Waals surface area contributed by atoms with Crippen LogP contribution < -0.4 is 5.32 Å². The van der Waals surface area contributed by atoms with Gasteiger partial charge in [-0.05, 0) is 59.2 Å². The van der Waals surface area contributed by atoms with Crippen molar-refractivity contribution in [3.05, 3.63) is 48.3 Å². The molecule has 1 saturated heterocycles. The minimum Gasteiger partial charge on any atom is -0.324 e. The summed E-state index contributed by atoms with van der Waals surface area (Å²) in [5, 5.41) is 3.13. The number of carbonyl (C=O) groups is 1. The van der Waals surface area contributed by atoms with Gasteiger partial charge in [0, 0.05) is 41.8 Å². The Morgan fingerprint density at radius 3 is 2.54 bits per heavy atom. The first kappa shape index (κ1) is 25.0. The lowest BCUT2D eigenvalue weighted by Crippen LogP contribution is -2.49. The first-order valence-corrected chi connectivity index (χ1v) is 13.2. The fourth-order valence-electron chi connectivity index (χ4n) is 5.74. The molecule has 3 aromatic heterocycles. The van der Waals surface area contributed by atoms with Crippen LogP contribution in [0.15, 0.2) is 36.9 Å². The van der Waals surface area contributed by atoms with E-state index in [2.05, 4.69) is 61.6 Å². The van der Waals surface area contributed by atoms with Crippen molar-refractivity contribution in [2.75, 3.05) is 11.9 Å². The topological polar surface area (TPSA) is 102 Å².